The lowest BCUT2D eigenvalue weighted by atomic mass is 10.2. The lowest BCUT2D eigenvalue weighted by Gasteiger charge is -2.26. The van der Waals surface area contributed by atoms with Gasteiger partial charge in [-0.3, -0.25) is 0 Å². The third-order valence-electron chi connectivity index (χ3n) is 3.23. The standard InChI is InChI=1S/C11H19N5O/c1-7-10(15-12)13-8(2)14-11(7)16-5-3-4-9(16)6-17/h9,17H,3-6,12H2,1-2H3,(H,13,14,15). The summed E-state index contributed by atoms with van der Waals surface area (Å²) in [5.74, 6) is 7.65. The molecule has 1 atom stereocenters. The van der Waals surface area contributed by atoms with Crippen molar-refractivity contribution in [2.24, 2.45) is 5.84 Å². The van der Waals surface area contributed by atoms with E-state index in [0.29, 0.717) is 11.6 Å². The molecule has 6 nitrogen and oxygen atoms in total. The fraction of sp³-hybridized carbons (Fsp3) is 0.636. The fourth-order valence-electron chi connectivity index (χ4n) is 2.34. The predicted octanol–water partition coefficient (Wildman–Crippen LogP) is 0.340. The summed E-state index contributed by atoms with van der Waals surface area (Å²) < 4.78 is 0. The lowest BCUT2D eigenvalue weighted by Crippen LogP contribution is -2.34. The molecular weight excluding hydrogens is 218 g/mol. The van der Waals surface area contributed by atoms with Crippen LogP contribution in [0.1, 0.15) is 24.2 Å². The van der Waals surface area contributed by atoms with Crippen LogP contribution >= 0.6 is 0 Å². The zero-order valence-electron chi connectivity index (χ0n) is 10.3. The van der Waals surface area contributed by atoms with E-state index in [4.69, 9.17) is 5.84 Å². The van der Waals surface area contributed by atoms with Crippen molar-refractivity contribution >= 4 is 11.6 Å². The van der Waals surface area contributed by atoms with Crippen molar-refractivity contribution in [1.29, 1.82) is 0 Å². The molecule has 6 heteroatoms. The van der Waals surface area contributed by atoms with E-state index in [9.17, 15) is 5.11 Å². The van der Waals surface area contributed by atoms with E-state index in [1.165, 1.54) is 0 Å². The minimum Gasteiger partial charge on any atom is -0.394 e. The number of nitrogens with one attached hydrogen (secondary N) is 1. The van der Waals surface area contributed by atoms with Crippen molar-refractivity contribution < 1.29 is 5.11 Å². The number of nitrogens with two attached hydrogens (primary N) is 1. The van der Waals surface area contributed by atoms with Gasteiger partial charge in [0.2, 0.25) is 0 Å². The van der Waals surface area contributed by atoms with E-state index in [0.717, 1.165) is 30.8 Å². The molecule has 0 radical (unpaired) electrons. The number of aromatic nitrogens is 2. The Hall–Kier alpha value is -1.40. The first-order chi connectivity index (χ1) is 8.17. The van der Waals surface area contributed by atoms with E-state index < -0.39 is 0 Å². The van der Waals surface area contributed by atoms with Crippen LogP contribution in [-0.2, 0) is 0 Å². The Balaban J connectivity index is 2.40. The highest BCUT2D eigenvalue weighted by molar-refractivity contribution is 5.59. The molecule has 2 heterocycles. The van der Waals surface area contributed by atoms with Gasteiger partial charge in [0, 0.05) is 12.1 Å². The Labute approximate surface area is 101 Å². The van der Waals surface area contributed by atoms with Gasteiger partial charge in [-0.1, -0.05) is 0 Å². The SMILES string of the molecule is Cc1nc(NN)c(C)c(N2CCCC2CO)n1. The smallest absolute Gasteiger partial charge is 0.148 e. The van der Waals surface area contributed by atoms with Gasteiger partial charge in [-0.05, 0) is 26.7 Å². The molecule has 1 saturated heterocycles. The van der Waals surface area contributed by atoms with Crippen LogP contribution in [-0.4, -0.2) is 34.3 Å². The van der Waals surface area contributed by atoms with Crippen LogP contribution in [0.5, 0.6) is 0 Å². The van der Waals surface area contributed by atoms with Gasteiger partial charge < -0.3 is 15.4 Å². The van der Waals surface area contributed by atoms with Crippen molar-refractivity contribution in [2.45, 2.75) is 32.7 Å². The summed E-state index contributed by atoms with van der Waals surface area (Å²) in [7, 11) is 0. The molecular formula is C11H19N5O. The van der Waals surface area contributed by atoms with Crippen LogP contribution in [0.2, 0.25) is 0 Å². The number of hydrogen-bond acceptors (Lipinski definition) is 6. The Morgan fingerprint density at radius 1 is 1.47 bits per heavy atom. The van der Waals surface area contributed by atoms with Gasteiger partial charge >= 0.3 is 0 Å². The van der Waals surface area contributed by atoms with Crippen LogP contribution in [0.25, 0.3) is 0 Å². The topological polar surface area (TPSA) is 87.3 Å². The zero-order valence-corrected chi connectivity index (χ0v) is 10.3. The molecule has 1 aromatic heterocycles. The molecule has 17 heavy (non-hydrogen) atoms. The maximum Gasteiger partial charge on any atom is 0.148 e. The van der Waals surface area contributed by atoms with Gasteiger partial charge in [-0.25, -0.2) is 15.8 Å². The second-order valence-electron chi connectivity index (χ2n) is 4.38. The third-order valence-corrected chi connectivity index (χ3v) is 3.23. The molecule has 0 aliphatic carbocycles. The Morgan fingerprint density at radius 2 is 2.24 bits per heavy atom. The summed E-state index contributed by atoms with van der Waals surface area (Å²) in [6, 6.07) is 0.161. The van der Waals surface area contributed by atoms with Gasteiger partial charge in [-0.15, -0.1) is 0 Å². The average molecular weight is 237 g/mol. The minimum atomic E-state index is 0.161. The van der Waals surface area contributed by atoms with Crippen molar-refractivity contribution in [1.82, 2.24) is 9.97 Å². The summed E-state index contributed by atoms with van der Waals surface area (Å²) in [5, 5.41) is 9.36. The second-order valence-corrected chi connectivity index (χ2v) is 4.38. The number of aryl methyl sites for hydroxylation is 1. The quantitative estimate of drug-likeness (QED) is 0.519. The molecule has 4 N–H and O–H groups in total. The first kappa shape index (κ1) is 12.1. The van der Waals surface area contributed by atoms with Crippen LogP contribution in [0.15, 0.2) is 0 Å². The second kappa shape index (κ2) is 4.85. The normalized spacial score (nSPS) is 19.8. The van der Waals surface area contributed by atoms with Crippen molar-refractivity contribution in [3.63, 3.8) is 0 Å². The van der Waals surface area contributed by atoms with Crippen molar-refractivity contribution in [3.8, 4) is 0 Å². The van der Waals surface area contributed by atoms with Crippen LogP contribution in [0.3, 0.4) is 0 Å². The number of anilines is 2. The Kier molecular flexibility index (Phi) is 3.44. The molecule has 1 aromatic rings. The molecule has 0 bridgehead atoms. The molecule has 0 aromatic carbocycles. The van der Waals surface area contributed by atoms with Gasteiger partial charge in [-0.2, -0.15) is 0 Å². The zero-order chi connectivity index (χ0) is 12.4. The van der Waals surface area contributed by atoms with Gasteiger partial charge in [0.25, 0.3) is 0 Å². The third kappa shape index (κ3) is 2.18. The van der Waals surface area contributed by atoms with Crippen LogP contribution in [0, 0.1) is 13.8 Å². The summed E-state index contributed by atoms with van der Waals surface area (Å²) in [6.07, 6.45) is 2.09. The van der Waals surface area contributed by atoms with E-state index >= 15 is 0 Å². The number of hydrogen-bond donors (Lipinski definition) is 3. The number of hydrazine groups is 1. The van der Waals surface area contributed by atoms with E-state index in [2.05, 4.69) is 20.3 Å². The molecule has 1 aliphatic rings. The molecule has 1 aliphatic heterocycles. The van der Waals surface area contributed by atoms with Gasteiger partial charge in [0.15, 0.2) is 0 Å². The van der Waals surface area contributed by atoms with Gasteiger partial charge in [0.1, 0.15) is 17.5 Å². The largest absolute Gasteiger partial charge is 0.394 e. The number of rotatable bonds is 3. The monoisotopic (exact) mass is 237 g/mol. The van der Waals surface area contributed by atoms with E-state index in [-0.39, 0.29) is 12.6 Å². The molecule has 1 unspecified atom stereocenters. The average Bonchev–Trinajstić information content (AvgIpc) is 2.79. The van der Waals surface area contributed by atoms with Crippen LogP contribution in [0.4, 0.5) is 11.6 Å². The van der Waals surface area contributed by atoms with Gasteiger partial charge in [0.05, 0.1) is 12.6 Å². The first-order valence-electron chi connectivity index (χ1n) is 5.86. The maximum atomic E-state index is 9.36. The van der Waals surface area contributed by atoms with Crippen molar-refractivity contribution in [3.05, 3.63) is 11.4 Å². The molecule has 0 spiro atoms. The van der Waals surface area contributed by atoms with E-state index in [1.807, 2.05) is 13.8 Å². The fourth-order valence-corrected chi connectivity index (χ4v) is 2.34. The lowest BCUT2D eigenvalue weighted by molar-refractivity contribution is 0.266. The summed E-state index contributed by atoms with van der Waals surface area (Å²) in [4.78, 5) is 10.9. The molecule has 94 valence electrons. The summed E-state index contributed by atoms with van der Waals surface area (Å²) in [6.45, 7) is 4.87. The Morgan fingerprint density at radius 3 is 2.88 bits per heavy atom. The Bertz CT molecular complexity index is 409. The molecule has 1 fully saturated rings. The highest BCUT2D eigenvalue weighted by Gasteiger charge is 2.27. The highest BCUT2D eigenvalue weighted by Crippen LogP contribution is 2.29. The maximum absolute atomic E-state index is 9.36. The summed E-state index contributed by atoms with van der Waals surface area (Å²) in [5.41, 5.74) is 3.52. The number of aliphatic hydroxyl groups excluding tert-OH is 1. The number of aliphatic hydroxyl groups is 1. The van der Waals surface area contributed by atoms with Crippen LogP contribution < -0.4 is 16.2 Å². The molecule has 0 amide bonds. The van der Waals surface area contributed by atoms with Crippen molar-refractivity contribution in [2.75, 3.05) is 23.5 Å². The van der Waals surface area contributed by atoms with E-state index in [1.54, 1.807) is 0 Å². The summed E-state index contributed by atoms with van der Waals surface area (Å²) >= 11 is 0. The predicted molar refractivity (Wildman–Crippen MR) is 66.8 cm³/mol. The first-order valence-corrected chi connectivity index (χ1v) is 5.86. The minimum absolute atomic E-state index is 0.161. The highest BCUT2D eigenvalue weighted by atomic mass is 16.3. The number of nitrogen functional groups attached to an aromatic ring is 1. The molecule has 2 rings (SSSR count). The molecule has 0 saturated carbocycles. The number of nitrogens with zero attached hydrogens (tertiary/aromatic N) is 3.